The van der Waals surface area contributed by atoms with E-state index in [0.717, 1.165) is 33.3 Å². The molecule has 0 amide bonds. The van der Waals surface area contributed by atoms with Crippen LogP contribution in [0.2, 0.25) is 0 Å². The number of fused-ring (bicyclic) bond motifs is 2. The standard InChI is InChI=1S/C24H23N3O4S/c1-27(13-15-3-8-19-20(11-15)31-10-9-30-19)14-22-25-18-12-21(32-23(18)24(28)26-22)16-4-6-17(29-2)7-5-16/h3-8,11-12H,9-10,13-14H2,1-2H3,(H,25,26,28). The maximum absolute atomic E-state index is 12.7. The molecule has 0 radical (unpaired) electrons. The summed E-state index contributed by atoms with van der Waals surface area (Å²) in [6, 6.07) is 15.7. The first-order valence-electron chi connectivity index (χ1n) is 10.3. The number of ether oxygens (including phenoxy) is 3. The fourth-order valence-electron chi connectivity index (χ4n) is 3.77. The summed E-state index contributed by atoms with van der Waals surface area (Å²) in [5.74, 6) is 3.00. The molecule has 0 spiro atoms. The van der Waals surface area contributed by atoms with Crippen LogP contribution < -0.4 is 19.8 Å². The Bertz CT molecular complexity index is 1310. The molecule has 3 heterocycles. The predicted molar refractivity (Wildman–Crippen MR) is 125 cm³/mol. The average molecular weight is 450 g/mol. The Hall–Kier alpha value is -3.36. The number of aromatic amines is 1. The first kappa shape index (κ1) is 20.5. The topological polar surface area (TPSA) is 76.7 Å². The summed E-state index contributed by atoms with van der Waals surface area (Å²) >= 11 is 1.45. The number of hydrogen-bond acceptors (Lipinski definition) is 7. The summed E-state index contributed by atoms with van der Waals surface area (Å²) in [5.41, 5.74) is 2.75. The van der Waals surface area contributed by atoms with Crippen LogP contribution in [0.15, 0.2) is 53.3 Å². The minimum Gasteiger partial charge on any atom is -0.497 e. The fraction of sp³-hybridized carbons (Fsp3) is 0.250. The molecule has 164 valence electrons. The van der Waals surface area contributed by atoms with Crippen molar-refractivity contribution in [3.63, 3.8) is 0 Å². The van der Waals surface area contributed by atoms with Crippen LogP contribution in [0.3, 0.4) is 0 Å². The smallest absolute Gasteiger partial charge is 0.268 e. The van der Waals surface area contributed by atoms with Gasteiger partial charge in [0.2, 0.25) is 0 Å². The summed E-state index contributed by atoms with van der Waals surface area (Å²) in [7, 11) is 3.64. The third-order valence-corrected chi connectivity index (χ3v) is 6.46. The number of methoxy groups -OCH3 is 1. The Kier molecular flexibility index (Phi) is 5.55. The van der Waals surface area contributed by atoms with E-state index in [1.807, 2.05) is 55.6 Å². The van der Waals surface area contributed by atoms with Gasteiger partial charge in [0.25, 0.3) is 5.56 Å². The van der Waals surface area contributed by atoms with Crippen molar-refractivity contribution in [1.29, 1.82) is 0 Å². The van der Waals surface area contributed by atoms with E-state index in [4.69, 9.17) is 19.2 Å². The number of rotatable bonds is 6. The Labute approximate surface area is 189 Å². The second kappa shape index (κ2) is 8.64. The zero-order chi connectivity index (χ0) is 22.1. The third kappa shape index (κ3) is 4.19. The monoisotopic (exact) mass is 449 g/mol. The van der Waals surface area contributed by atoms with Crippen LogP contribution in [0.25, 0.3) is 20.7 Å². The van der Waals surface area contributed by atoms with Gasteiger partial charge in [0, 0.05) is 11.4 Å². The second-order valence-electron chi connectivity index (χ2n) is 7.72. The number of H-pyrrole nitrogens is 1. The van der Waals surface area contributed by atoms with E-state index in [0.29, 0.717) is 42.3 Å². The Balaban J connectivity index is 1.34. The summed E-state index contributed by atoms with van der Waals surface area (Å²) in [5, 5.41) is 0. The normalized spacial score (nSPS) is 13.0. The van der Waals surface area contributed by atoms with Crippen LogP contribution in [0.1, 0.15) is 11.4 Å². The maximum atomic E-state index is 12.7. The van der Waals surface area contributed by atoms with Crippen molar-refractivity contribution in [2.45, 2.75) is 13.1 Å². The number of benzene rings is 2. The van der Waals surface area contributed by atoms with Gasteiger partial charge in [-0.2, -0.15) is 0 Å². The van der Waals surface area contributed by atoms with Gasteiger partial charge >= 0.3 is 0 Å². The summed E-state index contributed by atoms with van der Waals surface area (Å²) in [6.45, 7) is 2.36. The van der Waals surface area contributed by atoms with Gasteiger partial charge in [-0.25, -0.2) is 4.98 Å². The third-order valence-electron chi connectivity index (χ3n) is 5.29. The molecule has 2 aromatic carbocycles. The van der Waals surface area contributed by atoms with Crippen molar-refractivity contribution in [1.82, 2.24) is 14.9 Å². The molecule has 0 bridgehead atoms. The minimum absolute atomic E-state index is 0.109. The molecule has 2 aromatic heterocycles. The maximum Gasteiger partial charge on any atom is 0.268 e. The molecule has 5 rings (SSSR count). The molecule has 4 aromatic rings. The van der Waals surface area contributed by atoms with Gasteiger partial charge in [-0.3, -0.25) is 9.69 Å². The molecule has 1 aliphatic heterocycles. The van der Waals surface area contributed by atoms with Crippen molar-refractivity contribution < 1.29 is 14.2 Å². The van der Waals surface area contributed by atoms with Crippen molar-refractivity contribution in [3.05, 3.63) is 70.3 Å². The van der Waals surface area contributed by atoms with Crippen LogP contribution in [-0.4, -0.2) is 42.2 Å². The van der Waals surface area contributed by atoms with Crippen LogP contribution >= 0.6 is 11.3 Å². The van der Waals surface area contributed by atoms with E-state index in [9.17, 15) is 4.79 Å². The Morgan fingerprint density at radius 3 is 2.62 bits per heavy atom. The number of aromatic nitrogens is 2. The molecule has 1 aliphatic rings. The highest BCUT2D eigenvalue weighted by atomic mass is 32.1. The van der Waals surface area contributed by atoms with E-state index in [1.165, 1.54) is 11.3 Å². The lowest BCUT2D eigenvalue weighted by molar-refractivity contribution is 0.171. The predicted octanol–water partition coefficient (Wildman–Crippen LogP) is 4.06. The fourth-order valence-corrected chi connectivity index (χ4v) is 4.77. The highest BCUT2D eigenvalue weighted by Gasteiger charge is 2.14. The molecule has 0 atom stereocenters. The lowest BCUT2D eigenvalue weighted by Gasteiger charge is -2.20. The van der Waals surface area contributed by atoms with Gasteiger partial charge < -0.3 is 19.2 Å². The second-order valence-corrected chi connectivity index (χ2v) is 8.77. The highest BCUT2D eigenvalue weighted by molar-refractivity contribution is 7.22. The zero-order valence-corrected chi connectivity index (χ0v) is 18.7. The lowest BCUT2D eigenvalue weighted by atomic mass is 10.2. The Morgan fingerprint density at radius 2 is 1.84 bits per heavy atom. The van der Waals surface area contributed by atoms with Gasteiger partial charge in [-0.05, 0) is 60.6 Å². The highest BCUT2D eigenvalue weighted by Crippen LogP contribution is 2.32. The number of thiophene rings is 1. The Morgan fingerprint density at radius 1 is 1.06 bits per heavy atom. The van der Waals surface area contributed by atoms with Crippen molar-refractivity contribution >= 4 is 21.6 Å². The van der Waals surface area contributed by atoms with E-state index >= 15 is 0 Å². The summed E-state index contributed by atoms with van der Waals surface area (Å²) in [6.07, 6.45) is 0. The zero-order valence-electron chi connectivity index (χ0n) is 17.9. The molecule has 32 heavy (non-hydrogen) atoms. The number of hydrogen-bond donors (Lipinski definition) is 1. The molecule has 0 saturated carbocycles. The lowest BCUT2D eigenvalue weighted by Crippen LogP contribution is -2.22. The van der Waals surface area contributed by atoms with E-state index < -0.39 is 0 Å². The molecular weight excluding hydrogens is 426 g/mol. The molecule has 0 aliphatic carbocycles. The molecule has 8 heteroatoms. The first-order chi connectivity index (χ1) is 15.6. The van der Waals surface area contributed by atoms with E-state index in [-0.39, 0.29) is 5.56 Å². The van der Waals surface area contributed by atoms with Crippen molar-refractivity contribution in [2.75, 3.05) is 27.4 Å². The summed E-state index contributed by atoms with van der Waals surface area (Å²) < 4.78 is 17.1. The number of nitrogens with zero attached hydrogens (tertiary/aromatic N) is 2. The van der Waals surface area contributed by atoms with Gasteiger partial charge in [0.15, 0.2) is 11.5 Å². The molecular formula is C24H23N3O4S. The SMILES string of the molecule is COc1ccc(-c2cc3nc(CN(C)Cc4ccc5c(c4)OCCO5)[nH]c(=O)c3s2)cc1. The molecule has 0 fully saturated rings. The quantitative estimate of drug-likeness (QED) is 0.478. The minimum atomic E-state index is -0.109. The summed E-state index contributed by atoms with van der Waals surface area (Å²) in [4.78, 5) is 23.4. The van der Waals surface area contributed by atoms with Gasteiger partial charge in [-0.15, -0.1) is 11.3 Å². The molecule has 0 saturated heterocycles. The van der Waals surface area contributed by atoms with Gasteiger partial charge in [-0.1, -0.05) is 6.07 Å². The van der Waals surface area contributed by atoms with Crippen molar-refractivity contribution in [3.8, 4) is 27.7 Å². The van der Waals surface area contributed by atoms with E-state index in [1.54, 1.807) is 7.11 Å². The molecule has 7 nitrogen and oxygen atoms in total. The van der Waals surface area contributed by atoms with Crippen LogP contribution in [0.4, 0.5) is 0 Å². The largest absolute Gasteiger partial charge is 0.497 e. The van der Waals surface area contributed by atoms with Crippen LogP contribution in [-0.2, 0) is 13.1 Å². The molecule has 0 unspecified atom stereocenters. The van der Waals surface area contributed by atoms with Crippen molar-refractivity contribution in [2.24, 2.45) is 0 Å². The van der Waals surface area contributed by atoms with E-state index in [2.05, 4.69) is 9.88 Å². The molecule has 1 N–H and O–H groups in total. The average Bonchev–Trinajstić information content (AvgIpc) is 3.24. The van der Waals surface area contributed by atoms with Gasteiger partial charge in [0.1, 0.15) is 29.5 Å². The number of nitrogens with one attached hydrogen (secondary N) is 1. The first-order valence-corrected chi connectivity index (χ1v) is 11.1. The van der Waals surface area contributed by atoms with Crippen LogP contribution in [0, 0.1) is 0 Å². The van der Waals surface area contributed by atoms with Gasteiger partial charge in [0.05, 0.1) is 19.2 Å². The van der Waals surface area contributed by atoms with Crippen LogP contribution in [0.5, 0.6) is 17.2 Å².